The van der Waals surface area contributed by atoms with Gasteiger partial charge in [-0.1, -0.05) is 43.2 Å². The Labute approximate surface area is 127 Å². The molecule has 0 amide bonds. The SMILES string of the molecule is C#Cc1ccc(OC(CC)c2ccccc2)cc1C(F)(F)F. The summed E-state index contributed by atoms with van der Waals surface area (Å²) >= 11 is 0. The molecule has 0 bridgehead atoms. The lowest BCUT2D eigenvalue weighted by Crippen LogP contribution is -2.10. The van der Waals surface area contributed by atoms with E-state index in [0.29, 0.717) is 6.42 Å². The summed E-state index contributed by atoms with van der Waals surface area (Å²) in [6.07, 6.45) is 0.955. The Morgan fingerprint density at radius 2 is 1.82 bits per heavy atom. The Balaban J connectivity index is 2.32. The molecular formula is C18H15F3O. The zero-order chi connectivity index (χ0) is 16.2. The van der Waals surface area contributed by atoms with Crippen molar-refractivity contribution in [3.8, 4) is 18.1 Å². The molecule has 1 nitrogen and oxygen atoms in total. The van der Waals surface area contributed by atoms with E-state index in [9.17, 15) is 13.2 Å². The maximum absolute atomic E-state index is 13.0. The highest BCUT2D eigenvalue weighted by Crippen LogP contribution is 2.35. The first-order valence-electron chi connectivity index (χ1n) is 6.85. The highest BCUT2D eigenvalue weighted by Gasteiger charge is 2.33. The predicted octanol–water partition coefficient (Wildman–Crippen LogP) is 5.22. The number of hydrogen-bond acceptors (Lipinski definition) is 1. The number of hydrogen-bond donors (Lipinski definition) is 0. The van der Waals surface area contributed by atoms with Gasteiger partial charge in [-0.3, -0.25) is 0 Å². The number of benzene rings is 2. The van der Waals surface area contributed by atoms with Gasteiger partial charge in [-0.15, -0.1) is 6.42 Å². The van der Waals surface area contributed by atoms with E-state index in [0.717, 1.165) is 11.6 Å². The standard InChI is InChI=1S/C18H15F3O/c1-3-13-10-11-15(12-16(13)18(19,20)21)22-17(4-2)14-8-6-5-7-9-14/h1,5-12,17H,4H2,2H3. The quantitative estimate of drug-likeness (QED) is 0.704. The fourth-order valence-electron chi connectivity index (χ4n) is 2.18. The summed E-state index contributed by atoms with van der Waals surface area (Å²) in [6.45, 7) is 1.91. The summed E-state index contributed by atoms with van der Waals surface area (Å²) in [5.41, 5.74) is -0.123. The van der Waals surface area contributed by atoms with E-state index in [1.807, 2.05) is 37.3 Å². The smallest absolute Gasteiger partial charge is 0.417 e. The first-order chi connectivity index (χ1) is 10.5. The lowest BCUT2D eigenvalue weighted by Gasteiger charge is -2.19. The van der Waals surface area contributed by atoms with Crippen LogP contribution in [-0.4, -0.2) is 0 Å². The van der Waals surface area contributed by atoms with Gasteiger partial charge in [-0.2, -0.15) is 13.2 Å². The van der Waals surface area contributed by atoms with Gasteiger partial charge in [0.25, 0.3) is 0 Å². The molecule has 0 spiro atoms. The van der Waals surface area contributed by atoms with Crippen LogP contribution in [0.1, 0.15) is 36.1 Å². The normalized spacial score (nSPS) is 12.5. The lowest BCUT2D eigenvalue weighted by atomic mass is 10.1. The zero-order valence-electron chi connectivity index (χ0n) is 12.0. The van der Waals surface area contributed by atoms with Gasteiger partial charge in [-0.25, -0.2) is 0 Å². The second kappa shape index (κ2) is 6.57. The maximum atomic E-state index is 13.0. The van der Waals surface area contributed by atoms with Crippen LogP contribution in [0.3, 0.4) is 0 Å². The van der Waals surface area contributed by atoms with Gasteiger partial charge >= 0.3 is 6.18 Å². The van der Waals surface area contributed by atoms with E-state index in [4.69, 9.17) is 11.2 Å². The molecule has 1 unspecified atom stereocenters. The summed E-state index contributed by atoms with van der Waals surface area (Å²) in [6, 6.07) is 13.1. The van der Waals surface area contributed by atoms with Crippen LogP contribution in [0.4, 0.5) is 13.2 Å². The lowest BCUT2D eigenvalue weighted by molar-refractivity contribution is -0.137. The number of terminal acetylenes is 1. The summed E-state index contributed by atoms with van der Waals surface area (Å²) < 4.78 is 44.7. The molecule has 0 radical (unpaired) electrons. The second-order valence-electron chi connectivity index (χ2n) is 4.77. The van der Waals surface area contributed by atoms with Crippen LogP contribution in [0, 0.1) is 12.3 Å². The molecule has 1 atom stereocenters. The van der Waals surface area contributed by atoms with Gasteiger partial charge in [-0.05, 0) is 30.2 Å². The first kappa shape index (κ1) is 16.0. The largest absolute Gasteiger partial charge is 0.486 e. The Kier molecular flexibility index (Phi) is 4.77. The zero-order valence-corrected chi connectivity index (χ0v) is 12.0. The Hall–Kier alpha value is -2.41. The van der Waals surface area contributed by atoms with Crippen molar-refractivity contribution in [1.82, 2.24) is 0 Å². The third-order valence-corrected chi connectivity index (χ3v) is 3.27. The minimum absolute atomic E-state index is 0.155. The van der Waals surface area contributed by atoms with E-state index in [-0.39, 0.29) is 17.4 Å². The fourth-order valence-corrected chi connectivity index (χ4v) is 2.18. The highest BCUT2D eigenvalue weighted by atomic mass is 19.4. The van der Waals surface area contributed by atoms with E-state index in [1.54, 1.807) is 0 Å². The molecule has 0 aromatic heterocycles. The molecule has 114 valence electrons. The molecule has 22 heavy (non-hydrogen) atoms. The van der Waals surface area contributed by atoms with E-state index in [1.165, 1.54) is 12.1 Å². The number of rotatable bonds is 4. The third kappa shape index (κ3) is 3.62. The molecule has 0 aliphatic heterocycles. The van der Waals surface area contributed by atoms with Crippen LogP contribution in [0.5, 0.6) is 5.75 Å². The highest BCUT2D eigenvalue weighted by molar-refractivity contribution is 5.46. The summed E-state index contributed by atoms with van der Waals surface area (Å²) in [4.78, 5) is 0. The summed E-state index contributed by atoms with van der Waals surface area (Å²) in [5, 5.41) is 0. The van der Waals surface area contributed by atoms with Crippen LogP contribution in [-0.2, 0) is 6.18 Å². The van der Waals surface area contributed by atoms with Crippen LogP contribution in [0.25, 0.3) is 0 Å². The molecule has 4 heteroatoms. The summed E-state index contributed by atoms with van der Waals surface area (Å²) in [5.74, 6) is 2.21. The average Bonchev–Trinajstić information content (AvgIpc) is 2.52. The van der Waals surface area contributed by atoms with Crippen LogP contribution >= 0.6 is 0 Å². The molecule has 0 aliphatic carbocycles. The molecule has 0 N–H and O–H groups in total. The molecule has 2 aromatic rings. The molecule has 2 aromatic carbocycles. The van der Waals surface area contributed by atoms with Crippen molar-refractivity contribution in [2.24, 2.45) is 0 Å². The number of alkyl halides is 3. The monoisotopic (exact) mass is 304 g/mol. The predicted molar refractivity (Wildman–Crippen MR) is 79.5 cm³/mol. The Bertz CT molecular complexity index is 669. The molecule has 0 saturated carbocycles. The van der Waals surface area contributed by atoms with Crippen LogP contribution < -0.4 is 4.74 Å². The topological polar surface area (TPSA) is 9.23 Å². The molecule has 0 fully saturated rings. The molecule has 0 heterocycles. The van der Waals surface area contributed by atoms with Gasteiger partial charge in [0.1, 0.15) is 11.9 Å². The van der Waals surface area contributed by atoms with Crippen molar-refractivity contribution >= 4 is 0 Å². The van der Waals surface area contributed by atoms with Crippen molar-refractivity contribution in [3.63, 3.8) is 0 Å². The second-order valence-corrected chi connectivity index (χ2v) is 4.77. The van der Waals surface area contributed by atoms with Crippen LogP contribution in [0.2, 0.25) is 0 Å². The Morgan fingerprint density at radius 1 is 1.14 bits per heavy atom. The third-order valence-electron chi connectivity index (χ3n) is 3.27. The van der Waals surface area contributed by atoms with Crippen molar-refractivity contribution < 1.29 is 17.9 Å². The van der Waals surface area contributed by atoms with Crippen molar-refractivity contribution in [2.45, 2.75) is 25.6 Å². The fraction of sp³-hybridized carbons (Fsp3) is 0.222. The molecule has 0 saturated heterocycles. The van der Waals surface area contributed by atoms with Crippen LogP contribution in [0.15, 0.2) is 48.5 Å². The van der Waals surface area contributed by atoms with E-state index in [2.05, 4.69) is 5.92 Å². The van der Waals surface area contributed by atoms with Crippen molar-refractivity contribution in [2.75, 3.05) is 0 Å². The average molecular weight is 304 g/mol. The van der Waals surface area contributed by atoms with Gasteiger partial charge in [0.2, 0.25) is 0 Å². The first-order valence-corrected chi connectivity index (χ1v) is 6.85. The minimum atomic E-state index is -4.50. The summed E-state index contributed by atoms with van der Waals surface area (Å²) in [7, 11) is 0. The minimum Gasteiger partial charge on any atom is -0.486 e. The van der Waals surface area contributed by atoms with Gasteiger partial charge < -0.3 is 4.74 Å². The van der Waals surface area contributed by atoms with Gasteiger partial charge in [0, 0.05) is 5.56 Å². The number of halogens is 3. The molecule has 2 rings (SSSR count). The molecular weight excluding hydrogens is 289 g/mol. The molecule has 0 aliphatic rings. The van der Waals surface area contributed by atoms with Crippen molar-refractivity contribution in [1.29, 1.82) is 0 Å². The van der Waals surface area contributed by atoms with Crippen molar-refractivity contribution in [3.05, 3.63) is 65.2 Å². The Morgan fingerprint density at radius 3 is 2.36 bits per heavy atom. The van der Waals surface area contributed by atoms with E-state index >= 15 is 0 Å². The maximum Gasteiger partial charge on any atom is 0.417 e. The van der Waals surface area contributed by atoms with Gasteiger partial charge in [0.05, 0.1) is 5.56 Å². The van der Waals surface area contributed by atoms with Gasteiger partial charge in [0.15, 0.2) is 0 Å². The number of ether oxygens (including phenoxy) is 1. The van der Waals surface area contributed by atoms with E-state index < -0.39 is 11.7 Å².